The molecule has 1 aromatic rings. The molecule has 2 heterocycles. The van der Waals surface area contributed by atoms with E-state index in [-0.39, 0.29) is 10.6 Å². The van der Waals surface area contributed by atoms with Gasteiger partial charge in [-0.15, -0.1) is 0 Å². The highest BCUT2D eigenvalue weighted by atomic mass is 32.2. The fourth-order valence-electron chi connectivity index (χ4n) is 3.20. The molecular formula is C18H24FN3O3S. The lowest BCUT2D eigenvalue weighted by Crippen LogP contribution is -2.55. The summed E-state index contributed by atoms with van der Waals surface area (Å²) in [5, 5.41) is 3.10. The molecule has 3 rings (SSSR count). The van der Waals surface area contributed by atoms with Crippen LogP contribution in [-0.2, 0) is 15.0 Å². The predicted molar refractivity (Wildman–Crippen MR) is 101 cm³/mol. The normalized spacial score (nSPS) is 24.6. The van der Waals surface area contributed by atoms with Gasteiger partial charge in [-0.2, -0.15) is 0 Å². The molecule has 8 heteroatoms. The van der Waals surface area contributed by atoms with Crippen LogP contribution in [0.1, 0.15) is 39.7 Å². The van der Waals surface area contributed by atoms with E-state index in [1.807, 2.05) is 6.92 Å². The fraction of sp³-hybridized carbons (Fsp3) is 0.556. The van der Waals surface area contributed by atoms with Crippen LogP contribution in [0.4, 0.5) is 14.9 Å². The number of anilines is 1. The van der Waals surface area contributed by atoms with Gasteiger partial charge >= 0.3 is 6.09 Å². The van der Waals surface area contributed by atoms with Gasteiger partial charge in [0.15, 0.2) is 5.17 Å². The summed E-state index contributed by atoms with van der Waals surface area (Å²) in [6.45, 7) is 8.25. The van der Waals surface area contributed by atoms with Crippen molar-refractivity contribution in [2.45, 2.75) is 50.0 Å². The summed E-state index contributed by atoms with van der Waals surface area (Å²) < 4.78 is 25.0. The molecule has 1 aromatic carbocycles. The van der Waals surface area contributed by atoms with Gasteiger partial charge in [0.05, 0.1) is 23.5 Å². The van der Waals surface area contributed by atoms with E-state index in [2.05, 4.69) is 10.3 Å². The number of nitrogen functional groups attached to an aromatic ring is 1. The van der Waals surface area contributed by atoms with E-state index in [0.29, 0.717) is 36.1 Å². The highest BCUT2D eigenvalue weighted by Gasteiger charge is 2.51. The maximum absolute atomic E-state index is 14.5. The number of nitrogens with two attached hydrogens (primary N) is 1. The van der Waals surface area contributed by atoms with Crippen LogP contribution in [0.15, 0.2) is 23.2 Å². The summed E-state index contributed by atoms with van der Waals surface area (Å²) in [5.74, 6) is -0.371. The van der Waals surface area contributed by atoms with Gasteiger partial charge in [-0.05, 0) is 52.3 Å². The first kappa shape index (κ1) is 19.0. The number of rotatable bonds is 1. The Labute approximate surface area is 156 Å². The number of amidine groups is 1. The first-order valence-electron chi connectivity index (χ1n) is 8.43. The minimum absolute atomic E-state index is 0.252. The second-order valence-electron chi connectivity index (χ2n) is 8.01. The topological polar surface area (TPSA) is 85.9 Å². The first-order valence-corrected chi connectivity index (χ1v) is 9.24. The number of nitrogens with zero attached hydrogens (tertiary/aromatic N) is 1. The van der Waals surface area contributed by atoms with E-state index in [9.17, 15) is 9.18 Å². The van der Waals surface area contributed by atoms with Gasteiger partial charge < -0.3 is 15.2 Å². The van der Waals surface area contributed by atoms with Gasteiger partial charge in [0.1, 0.15) is 11.4 Å². The average Bonchev–Trinajstić information content (AvgIpc) is 2.45. The van der Waals surface area contributed by atoms with Gasteiger partial charge in [-0.25, -0.2) is 9.18 Å². The molecule has 0 unspecified atom stereocenters. The second kappa shape index (κ2) is 6.42. The Morgan fingerprint density at radius 2 is 2.12 bits per heavy atom. The number of hydrogen-bond donors (Lipinski definition) is 2. The van der Waals surface area contributed by atoms with Crippen molar-refractivity contribution in [3.8, 4) is 0 Å². The molecule has 0 saturated carbocycles. The number of carbonyl (C=O) groups is 1. The van der Waals surface area contributed by atoms with Crippen molar-refractivity contribution >= 4 is 28.7 Å². The van der Waals surface area contributed by atoms with Crippen LogP contribution < -0.4 is 11.1 Å². The minimum atomic E-state index is -0.862. The molecule has 1 fully saturated rings. The summed E-state index contributed by atoms with van der Waals surface area (Å²) in [5.41, 5.74) is 5.25. The number of hydrogen-bond acceptors (Lipinski definition) is 6. The average molecular weight is 381 g/mol. The largest absolute Gasteiger partial charge is 0.444 e. The molecule has 3 N–H and O–H groups in total. The van der Waals surface area contributed by atoms with Crippen molar-refractivity contribution in [1.29, 1.82) is 0 Å². The minimum Gasteiger partial charge on any atom is -0.444 e. The van der Waals surface area contributed by atoms with Crippen molar-refractivity contribution in [2.75, 3.05) is 18.9 Å². The summed E-state index contributed by atoms with van der Waals surface area (Å²) in [4.78, 5) is 16.8. The van der Waals surface area contributed by atoms with Gasteiger partial charge in [0.2, 0.25) is 0 Å². The number of alkyl carbamates (subject to hydrolysis) is 1. The van der Waals surface area contributed by atoms with Gasteiger partial charge in [0, 0.05) is 11.3 Å². The molecule has 2 aliphatic heterocycles. The van der Waals surface area contributed by atoms with Crippen LogP contribution in [0.3, 0.4) is 0 Å². The molecule has 2 aliphatic rings. The Hall–Kier alpha value is -1.80. The van der Waals surface area contributed by atoms with E-state index in [0.717, 1.165) is 0 Å². The third-order valence-electron chi connectivity index (χ3n) is 4.24. The molecule has 26 heavy (non-hydrogen) atoms. The number of benzene rings is 1. The molecule has 0 aromatic heterocycles. The smallest absolute Gasteiger partial charge is 0.413 e. The van der Waals surface area contributed by atoms with Crippen LogP contribution in [0.5, 0.6) is 0 Å². The van der Waals surface area contributed by atoms with Crippen LogP contribution >= 0.6 is 11.8 Å². The van der Waals surface area contributed by atoms with Gasteiger partial charge in [-0.3, -0.25) is 10.3 Å². The lowest BCUT2D eigenvalue weighted by atomic mass is 9.81. The van der Waals surface area contributed by atoms with Crippen LogP contribution in [0.25, 0.3) is 0 Å². The SMILES string of the molecule is CC(C)(C)OC(=O)NC1=N[C@](C)(c2cc(N)ccc2F)CC2(COC2)S1. The Bertz CT molecular complexity index is 759. The number of aliphatic imine (C=N–C) groups is 1. The second-order valence-corrected chi connectivity index (χ2v) is 9.47. The van der Waals surface area contributed by atoms with Gasteiger partial charge in [0.25, 0.3) is 0 Å². The van der Waals surface area contributed by atoms with Crippen molar-refractivity contribution in [1.82, 2.24) is 5.32 Å². The molecule has 142 valence electrons. The lowest BCUT2D eigenvalue weighted by Gasteiger charge is -2.48. The fourth-order valence-corrected chi connectivity index (χ4v) is 4.63. The van der Waals surface area contributed by atoms with Crippen molar-refractivity contribution in [3.63, 3.8) is 0 Å². The quantitative estimate of drug-likeness (QED) is 0.728. The zero-order valence-corrected chi connectivity index (χ0v) is 16.2. The number of amides is 1. The summed E-state index contributed by atoms with van der Waals surface area (Å²) in [6, 6.07) is 4.47. The maximum Gasteiger partial charge on any atom is 0.413 e. The summed E-state index contributed by atoms with van der Waals surface area (Å²) >= 11 is 1.44. The number of ether oxygens (including phenoxy) is 2. The number of halogens is 1. The molecule has 1 spiro atoms. The summed E-state index contributed by atoms with van der Waals surface area (Å²) in [6.07, 6.45) is 0.00121. The first-order chi connectivity index (χ1) is 12.0. The van der Waals surface area contributed by atoms with E-state index < -0.39 is 17.2 Å². The molecule has 1 saturated heterocycles. The maximum atomic E-state index is 14.5. The van der Waals surface area contributed by atoms with E-state index in [4.69, 9.17) is 15.2 Å². The Balaban J connectivity index is 1.93. The molecule has 1 atom stereocenters. The Kier molecular flexibility index (Phi) is 4.69. The van der Waals surface area contributed by atoms with E-state index >= 15 is 0 Å². The number of carbonyl (C=O) groups excluding carboxylic acids is 1. The van der Waals surface area contributed by atoms with E-state index in [1.54, 1.807) is 26.8 Å². The van der Waals surface area contributed by atoms with Crippen molar-refractivity contribution < 1.29 is 18.7 Å². The third-order valence-corrected chi connectivity index (χ3v) is 5.44. The zero-order valence-electron chi connectivity index (χ0n) is 15.4. The highest BCUT2D eigenvalue weighted by Crippen LogP contribution is 2.49. The molecule has 0 bridgehead atoms. The molecule has 0 aliphatic carbocycles. The number of thioether (sulfide) groups is 1. The Morgan fingerprint density at radius 3 is 2.69 bits per heavy atom. The highest BCUT2D eigenvalue weighted by molar-refractivity contribution is 8.15. The summed E-state index contributed by atoms with van der Waals surface area (Å²) in [7, 11) is 0. The monoisotopic (exact) mass is 381 g/mol. The lowest BCUT2D eigenvalue weighted by molar-refractivity contribution is -0.0212. The molecule has 0 radical (unpaired) electrons. The number of nitrogens with one attached hydrogen (secondary N) is 1. The van der Waals surface area contributed by atoms with Crippen LogP contribution in [0, 0.1) is 5.82 Å². The van der Waals surface area contributed by atoms with Crippen LogP contribution in [-0.4, -0.2) is 34.8 Å². The predicted octanol–water partition coefficient (Wildman–Crippen LogP) is 3.41. The third kappa shape index (κ3) is 3.96. The Morgan fingerprint density at radius 1 is 1.42 bits per heavy atom. The van der Waals surface area contributed by atoms with Crippen molar-refractivity contribution in [2.24, 2.45) is 4.99 Å². The van der Waals surface area contributed by atoms with Crippen molar-refractivity contribution in [3.05, 3.63) is 29.6 Å². The zero-order chi connectivity index (χ0) is 19.2. The van der Waals surface area contributed by atoms with Crippen LogP contribution in [0.2, 0.25) is 0 Å². The van der Waals surface area contributed by atoms with E-state index in [1.165, 1.54) is 23.9 Å². The standard InChI is InChI=1S/C18H24FN3O3S/c1-16(2,3)25-15(23)21-14-22-17(4,8-18(26-14)9-24-10-18)12-7-11(20)5-6-13(12)19/h5-7H,8-10,20H2,1-4H3,(H,21,22,23)/t17-/m0/s1. The molecule has 6 nitrogen and oxygen atoms in total. The molecule has 1 amide bonds. The molecular weight excluding hydrogens is 357 g/mol. The van der Waals surface area contributed by atoms with Gasteiger partial charge in [-0.1, -0.05) is 11.8 Å².